The van der Waals surface area contributed by atoms with Crippen molar-refractivity contribution >= 4 is 5.97 Å². The van der Waals surface area contributed by atoms with Gasteiger partial charge in [-0.25, -0.2) is 0 Å². The fourth-order valence-corrected chi connectivity index (χ4v) is 2.68. The average Bonchev–Trinajstić information content (AvgIpc) is 3.11. The van der Waals surface area contributed by atoms with Gasteiger partial charge < -0.3 is 14.2 Å². The van der Waals surface area contributed by atoms with Crippen molar-refractivity contribution in [1.29, 1.82) is 0 Å². The Morgan fingerprint density at radius 2 is 2.15 bits per heavy atom. The Kier molecular flexibility index (Phi) is 3.25. The van der Waals surface area contributed by atoms with Crippen molar-refractivity contribution in [3.8, 4) is 0 Å². The summed E-state index contributed by atoms with van der Waals surface area (Å²) in [5, 5.41) is 4.09. The van der Waals surface area contributed by atoms with Gasteiger partial charge in [-0.05, 0) is 26.9 Å². The summed E-state index contributed by atoms with van der Waals surface area (Å²) in [6.07, 6.45) is 1.45. The number of carbonyl (C=O) groups is 1. The van der Waals surface area contributed by atoms with Crippen LogP contribution in [0.25, 0.3) is 0 Å². The molecule has 7 nitrogen and oxygen atoms in total. The number of hydrogen-bond acceptors (Lipinski definition) is 7. The van der Waals surface area contributed by atoms with Crippen LogP contribution in [-0.2, 0) is 14.9 Å². The third-order valence-electron chi connectivity index (χ3n) is 4.33. The summed E-state index contributed by atoms with van der Waals surface area (Å²) in [6, 6.07) is 0.111. The number of likely N-dealkylation sites (N-methyl/N-ethyl adjacent to an activating group) is 2. The van der Waals surface area contributed by atoms with Gasteiger partial charge in [-0.15, -0.1) is 0 Å². The zero-order valence-electron chi connectivity index (χ0n) is 12.1. The topological polar surface area (TPSA) is 71.7 Å². The summed E-state index contributed by atoms with van der Waals surface area (Å²) >= 11 is 0. The highest BCUT2D eigenvalue weighted by Crippen LogP contribution is 2.48. The molecule has 0 radical (unpaired) electrons. The van der Waals surface area contributed by atoms with E-state index in [1.807, 2.05) is 0 Å². The largest absolute Gasteiger partial charge is 0.468 e. The quantitative estimate of drug-likeness (QED) is 0.732. The average molecular weight is 280 g/mol. The molecule has 1 aliphatic carbocycles. The van der Waals surface area contributed by atoms with Crippen LogP contribution < -0.4 is 0 Å². The Morgan fingerprint density at radius 3 is 2.80 bits per heavy atom. The SMILES string of the molecule is COC(=O)C1(c2nc(C3CN(C)CCN3C)no2)CC1. The summed E-state index contributed by atoms with van der Waals surface area (Å²) in [6.45, 7) is 2.86. The van der Waals surface area contributed by atoms with E-state index < -0.39 is 5.41 Å². The molecule has 0 spiro atoms. The molecule has 7 heteroatoms. The zero-order valence-corrected chi connectivity index (χ0v) is 12.1. The van der Waals surface area contributed by atoms with E-state index >= 15 is 0 Å². The van der Waals surface area contributed by atoms with Crippen LogP contribution in [0.15, 0.2) is 4.52 Å². The summed E-state index contributed by atoms with van der Waals surface area (Å²) in [7, 11) is 5.53. The van der Waals surface area contributed by atoms with Crippen LogP contribution in [0.2, 0.25) is 0 Å². The molecule has 1 atom stereocenters. The maximum Gasteiger partial charge on any atom is 0.321 e. The number of ether oxygens (including phenoxy) is 1. The van der Waals surface area contributed by atoms with E-state index in [1.54, 1.807) is 0 Å². The number of nitrogens with zero attached hydrogens (tertiary/aromatic N) is 4. The van der Waals surface area contributed by atoms with Crippen LogP contribution in [0, 0.1) is 0 Å². The second kappa shape index (κ2) is 4.82. The van der Waals surface area contributed by atoms with Gasteiger partial charge in [-0.1, -0.05) is 5.16 Å². The van der Waals surface area contributed by atoms with Gasteiger partial charge in [-0.3, -0.25) is 9.69 Å². The Labute approximate surface area is 117 Å². The van der Waals surface area contributed by atoms with Crippen molar-refractivity contribution in [3.63, 3.8) is 0 Å². The van der Waals surface area contributed by atoms with E-state index in [0.717, 1.165) is 32.5 Å². The van der Waals surface area contributed by atoms with Crippen LogP contribution >= 0.6 is 0 Å². The first-order chi connectivity index (χ1) is 9.56. The van der Waals surface area contributed by atoms with Gasteiger partial charge >= 0.3 is 5.97 Å². The highest BCUT2D eigenvalue weighted by molar-refractivity contribution is 5.85. The Balaban J connectivity index is 1.82. The van der Waals surface area contributed by atoms with E-state index in [-0.39, 0.29) is 12.0 Å². The first-order valence-electron chi connectivity index (χ1n) is 6.88. The molecule has 0 bridgehead atoms. The Bertz CT molecular complexity index is 511. The van der Waals surface area contributed by atoms with Crippen molar-refractivity contribution in [1.82, 2.24) is 19.9 Å². The predicted octanol–water partition coefficient (Wildman–Crippen LogP) is 0.192. The number of methoxy groups -OCH3 is 1. The fraction of sp³-hybridized carbons (Fsp3) is 0.769. The number of hydrogen-bond donors (Lipinski definition) is 0. The lowest BCUT2D eigenvalue weighted by molar-refractivity contribution is -0.144. The normalized spacial score (nSPS) is 26.4. The molecule has 1 unspecified atom stereocenters. The second-order valence-corrected chi connectivity index (χ2v) is 5.79. The van der Waals surface area contributed by atoms with E-state index in [2.05, 4.69) is 34.0 Å². The minimum Gasteiger partial charge on any atom is -0.468 e. The maximum absolute atomic E-state index is 11.8. The Morgan fingerprint density at radius 1 is 1.40 bits per heavy atom. The van der Waals surface area contributed by atoms with Gasteiger partial charge in [0.25, 0.3) is 0 Å². The zero-order chi connectivity index (χ0) is 14.3. The lowest BCUT2D eigenvalue weighted by atomic mass is 10.1. The molecule has 1 saturated heterocycles. The molecule has 0 amide bonds. The molecular weight excluding hydrogens is 260 g/mol. The molecule has 0 N–H and O–H groups in total. The third-order valence-corrected chi connectivity index (χ3v) is 4.33. The van der Waals surface area contributed by atoms with Crippen molar-refractivity contribution in [3.05, 3.63) is 11.7 Å². The molecule has 2 aliphatic rings. The summed E-state index contributed by atoms with van der Waals surface area (Å²) < 4.78 is 10.2. The molecule has 20 heavy (non-hydrogen) atoms. The maximum atomic E-state index is 11.8. The first-order valence-corrected chi connectivity index (χ1v) is 6.88. The second-order valence-electron chi connectivity index (χ2n) is 5.79. The first kappa shape index (κ1) is 13.5. The minimum absolute atomic E-state index is 0.111. The van der Waals surface area contributed by atoms with Crippen molar-refractivity contribution in [2.75, 3.05) is 40.8 Å². The highest BCUT2D eigenvalue weighted by atomic mass is 16.5. The van der Waals surface area contributed by atoms with Gasteiger partial charge in [0.1, 0.15) is 5.41 Å². The Hall–Kier alpha value is -1.47. The summed E-state index contributed by atoms with van der Waals surface area (Å²) in [5.41, 5.74) is -0.681. The molecule has 1 aliphatic heterocycles. The van der Waals surface area contributed by atoms with Crippen LogP contribution in [0.5, 0.6) is 0 Å². The molecule has 110 valence electrons. The lowest BCUT2D eigenvalue weighted by Crippen LogP contribution is -2.45. The number of rotatable bonds is 3. The molecule has 2 heterocycles. The lowest BCUT2D eigenvalue weighted by Gasteiger charge is -2.35. The molecule has 0 aromatic carbocycles. The molecule has 1 aromatic heterocycles. The minimum atomic E-state index is -0.681. The van der Waals surface area contributed by atoms with Gasteiger partial charge in [0.2, 0.25) is 5.89 Å². The van der Waals surface area contributed by atoms with Crippen molar-refractivity contribution in [2.45, 2.75) is 24.3 Å². The number of aromatic nitrogens is 2. The van der Waals surface area contributed by atoms with E-state index in [1.165, 1.54) is 7.11 Å². The summed E-state index contributed by atoms with van der Waals surface area (Å²) in [5.74, 6) is 0.784. The van der Waals surface area contributed by atoms with Crippen LogP contribution in [0.1, 0.15) is 30.6 Å². The molecule has 3 rings (SSSR count). The molecule has 1 saturated carbocycles. The van der Waals surface area contributed by atoms with Crippen LogP contribution in [0.4, 0.5) is 0 Å². The molecule has 1 aromatic rings. The van der Waals surface area contributed by atoms with Crippen molar-refractivity contribution < 1.29 is 14.1 Å². The highest BCUT2D eigenvalue weighted by Gasteiger charge is 2.57. The number of esters is 1. The standard InChI is InChI=1S/C13H20N4O3/c1-16-6-7-17(2)9(8-16)10-14-11(20-15-10)13(4-5-13)12(18)19-3/h9H,4-8H2,1-3H3. The van der Waals surface area contributed by atoms with Gasteiger partial charge in [0.05, 0.1) is 13.2 Å². The van der Waals surface area contributed by atoms with E-state index in [4.69, 9.17) is 9.26 Å². The van der Waals surface area contributed by atoms with Gasteiger partial charge in [-0.2, -0.15) is 4.98 Å². The monoisotopic (exact) mass is 280 g/mol. The molecule has 2 fully saturated rings. The fourth-order valence-electron chi connectivity index (χ4n) is 2.68. The van der Waals surface area contributed by atoms with E-state index in [9.17, 15) is 4.79 Å². The molecular formula is C13H20N4O3. The summed E-state index contributed by atoms with van der Waals surface area (Å²) in [4.78, 5) is 20.8. The van der Waals surface area contributed by atoms with Gasteiger partial charge in [0, 0.05) is 19.6 Å². The van der Waals surface area contributed by atoms with Gasteiger partial charge in [0.15, 0.2) is 5.82 Å². The third kappa shape index (κ3) is 2.10. The van der Waals surface area contributed by atoms with Crippen molar-refractivity contribution in [2.24, 2.45) is 0 Å². The smallest absolute Gasteiger partial charge is 0.321 e. The number of carbonyl (C=O) groups excluding carboxylic acids is 1. The van der Waals surface area contributed by atoms with E-state index in [0.29, 0.717) is 11.7 Å². The van der Waals surface area contributed by atoms with Crippen LogP contribution in [-0.4, -0.2) is 66.7 Å². The number of piperazine rings is 1. The van der Waals surface area contributed by atoms with Crippen LogP contribution in [0.3, 0.4) is 0 Å². The predicted molar refractivity (Wildman–Crippen MR) is 70.1 cm³/mol.